The van der Waals surface area contributed by atoms with Crippen molar-refractivity contribution in [3.05, 3.63) is 29.8 Å². The van der Waals surface area contributed by atoms with Crippen LogP contribution >= 0.6 is 0 Å². The van der Waals surface area contributed by atoms with Crippen molar-refractivity contribution >= 4 is 0 Å². The number of unbranched alkanes of at least 4 members (excludes halogenated alkanes) is 6. The normalized spacial score (nSPS) is 13.5. The van der Waals surface area contributed by atoms with Crippen LogP contribution in [0.4, 0.5) is 0 Å². The van der Waals surface area contributed by atoms with E-state index in [1.165, 1.54) is 50.5 Å². The van der Waals surface area contributed by atoms with Gasteiger partial charge in [-0.05, 0) is 56.5 Å². The van der Waals surface area contributed by atoms with Crippen molar-refractivity contribution in [1.82, 2.24) is 5.32 Å². The van der Waals surface area contributed by atoms with Gasteiger partial charge < -0.3 is 66.9 Å². The molecule has 2 rings (SSSR count). The van der Waals surface area contributed by atoms with Crippen molar-refractivity contribution in [2.24, 2.45) is 0 Å². The van der Waals surface area contributed by atoms with Gasteiger partial charge in [0.2, 0.25) is 0 Å². The van der Waals surface area contributed by atoms with Crippen LogP contribution in [0.15, 0.2) is 24.3 Å². The van der Waals surface area contributed by atoms with Crippen molar-refractivity contribution in [3.8, 4) is 5.75 Å². The molecule has 0 atom stereocenters. The second-order valence-electron chi connectivity index (χ2n) is 13.9. The lowest BCUT2D eigenvalue weighted by Crippen LogP contribution is -2.33. The van der Waals surface area contributed by atoms with Gasteiger partial charge in [-0.1, -0.05) is 57.6 Å². The molecule has 0 spiro atoms. The Kier molecular flexibility index (Phi) is 39.6. The molecule has 1 aliphatic heterocycles. The Hall–Kier alpha value is -1.50. The fourth-order valence-corrected chi connectivity index (χ4v) is 5.79. The molecule has 0 saturated carbocycles. The average Bonchev–Trinajstić information content (AvgIpc) is 3.25. The monoisotopic (exact) mass is 832 g/mol. The van der Waals surface area contributed by atoms with Crippen molar-refractivity contribution in [3.63, 3.8) is 0 Å². The van der Waals surface area contributed by atoms with Gasteiger partial charge in [0.25, 0.3) is 0 Å². The molecule has 340 valence electrons. The molecular formula is C44H81NO13. The summed E-state index contributed by atoms with van der Waals surface area (Å²) in [6.45, 7) is 17.1. The summed E-state index contributed by atoms with van der Waals surface area (Å²) < 4.78 is 72.5. The zero-order valence-electron chi connectivity index (χ0n) is 36.1. The largest absolute Gasteiger partial charge is 0.491 e. The van der Waals surface area contributed by atoms with E-state index in [0.29, 0.717) is 165 Å². The third-order valence-corrected chi connectivity index (χ3v) is 9.08. The Morgan fingerprint density at radius 1 is 0.397 bits per heavy atom. The molecule has 14 heteroatoms. The molecule has 0 bridgehead atoms. The van der Waals surface area contributed by atoms with Crippen LogP contribution in [0.1, 0.15) is 70.3 Å². The molecule has 1 aliphatic rings. The maximum Gasteiger partial charge on any atom is 0.119 e. The van der Waals surface area contributed by atoms with Crippen molar-refractivity contribution in [2.45, 2.75) is 77.2 Å². The smallest absolute Gasteiger partial charge is 0.119 e. The van der Waals surface area contributed by atoms with E-state index >= 15 is 0 Å². The zero-order valence-corrected chi connectivity index (χ0v) is 36.1. The fraction of sp³-hybridized carbons (Fsp3) is 0.864. The number of benzene rings is 1. The van der Waals surface area contributed by atoms with Gasteiger partial charge in [0.15, 0.2) is 0 Å². The predicted octanol–water partition coefficient (Wildman–Crippen LogP) is 5.31. The lowest BCUT2D eigenvalue weighted by molar-refractivity contribution is -0.0326. The minimum Gasteiger partial charge on any atom is -0.491 e. The number of rotatable bonds is 46. The van der Waals surface area contributed by atoms with Crippen LogP contribution in [0.25, 0.3) is 0 Å². The molecule has 0 aliphatic carbocycles. The predicted molar refractivity (Wildman–Crippen MR) is 224 cm³/mol. The summed E-state index contributed by atoms with van der Waals surface area (Å²) in [5.74, 6) is 0.887. The van der Waals surface area contributed by atoms with Gasteiger partial charge in [-0.2, -0.15) is 0 Å². The second-order valence-corrected chi connectivity index (χ2v) is 13.9. The summed E-state index contributed by atoms with van der Waals surface area (Å²) in [5.41, 5.74) is 1.38. The van der Waals surface area contributed by atoms with Gasteiger partial charge in [-0.3, -0.25) is 0 Å². The summed E-state index contributed by atoms with van der Waals surface area (Å²) in [7, 11) is 0. The Morgan fingerprint density at radius 3 is 1.10 bits per heavy atom. The van der Waals surface area contributed by atoms with E-state index in [9.17, 15) is 0 Å². The third kappa shape index (κ3) is 36.4. The third-order valence-electron chi connectivity index (χ3n) is 9.08. The molecule has 0 radical (unpaired) electrons. The topological polar surface area (TPSA) is 132 Å². The maximum atomic E-state index is 5.80. The Morgan fingerprint density at radius 2 is 0.724 bits per heavy atom. The van der Waals surface area contributed by atoms with Gasteiger partial charge in [-0.15, -0.1) is 0 Å². The number of hydrogen-bond acceptors (Lipinski definition) is 14. The number of piperidine rings is 1. The lowest BCUT2D eigenvalue weighted by atomic mass is 10.0. The average molecular weight is 832 g/mol. The van der Waals surface area contributed by atoms with E-state index in [2.05, 4.69) is 36.5 Å². The quantitative estimate of drug-likeness (QED) is 0.0852. The molecule has 1 heterocycles. The number of aryl methyl sites for hydroxylation is 1. The van der Waals surface area contributed by atoms with Crippen molar-refractivity contribution in [2.75, 3.05) is 172 Å². The molecule has 1 saturated heterocycles. The van der Waals surface area contributed by atoms with Crippen LogP contribution in [0.5, 0.6) is 5.75 Å². The molecule has 1 N–H and O–H groups in total. The van der Waals surface area contributed by atoms with Gasteiger partial charge in [-0.25, -0.2) is 0 Å². The Bertz CT molecular complexity index is 943. The fourth-order valence-electron chi connectivity index (χ4n) is 5.79. The highest BCUT2D eigenvalue weighted by molar-refractivity contribution is 5.27. The highest BCUT2D eigenvalue weighted by Gasteiger charge is 2.12. The first kappa shape index (κ1) is 52.6. The minimum absolute atomic E-state index is 0.370. The SMILES string of the molecule is CCCCCCCCCc1ccc(OCCOCCOCCOCCOCCOCCOCCOCCOCCOCCOCCOCCOC2CCNCC2)cc1. The summed E-state index contributed by atoms with van der Waals surface area (Å²) in [4.78, 5) is 0. The van der Waals surface area contributed by atoms with Crippen LogP contribution in [0.2, 0.25) is 0 Å². The highest BCUT2D eigenvalue weighted by Crippen LogP contribution is 2.15. The number of nitrogens with one attached hydrogen (secondary N) is 1. The van der Waals surface area contributed by atoms with Crippen LogP contribution in [-0.2, 0) is 63.3 Å². The first-order valence-electron chi connectivity index (χ1n) is 22.3. The van der Waals surface area contributed by atoms with Crippen LogP contribution < -0.4 is 10.1 Å². The molecular weight excluding hydrogens is 750 g/mol. The zero-order chi connectivity index (χ0) is 40.9. The van der Waals surface area contributed by atoms with Gasteiger partial charge in [0, 0.05) is 0 Å². The standard InChI is InChI=1S/C44H81NO13/c1-2-3-4-5-6-7-8-9-42-10-12-43(13-11-42)57-40-38-55-36-34-53-32-30-51-28-26-49-24-22-47-20-18-46-19-21-48-23-25-50-27-29-52-31-33-54-35-37-56-39-41-58-44-14-16-45-17-15-44/h10-13,44-45H,2-9,14-41H2,1H3. The Labute approximate surface area is 350 Å². The summed E-state index contributed by atoms with van der Waals surface area (Å²) in [5, 5.41) is 3.33. The first-order chi connectivity index (χ1) is 28.9. The van der Waals surface area contributed by atoms with E-state index in [-0.39, 0.29) is 0 Å². The molecule has 58 heavy (non-hydrogen) atoms. The molecule has 1 fully saturated rings. The summed E-state index contributed by atoms with van der Waals surface area (Å²) >= 11 is 0. The molecule has 1 aromatic rings. The van der Waals surface area contributed by atoms with E-state index < -0.39 is 0 Å². The van der Waals surface area contributed by atoms with Gasteiger partial charge in [0.1, 0.15) is 12.4 Å². The van der Waals surface area contributed by atoms with E-state index in [4.69, 9.17) is 61.6 Å². The van der Waals surface area contributed by atoms with E-state index in [1.54, 1.807) is 0 Å². The van der Waals surface area contributed by atoms with Crippen molar-refractivity contribution in [1.29, 1.82) is 0 Å². The molecule has 0 unspecified atom stereocenters. The number of ether oxygens (including phenoxy) is 13. The second kappa shape index (κ2) is 43.6. The first-order valence-corrected chi connectivity index (χ1v) is 22.3. The molecule has 1 aromatic carbocycles. The summed E-state index contributed by atoms with van der Waals surface area (Å²) in [6.07, 6.45) is 13.0. The Balaban J connectivity index is 1.15. The van der Waals surface area contributed by atoms with E-state index in [0.717, 1.165) is 38.1 Å². The minimum atomic E-state index is 0.370. The lowest BCUT2D eigenvalue weighted by Gasteiger charge is -2.22. The van der Waals surface area contributed by atoms with Crippen LogP contribution in [0, 0.1) is 0 Å². The molecule has 14 nitrogen and oxygen atoms in total. The van der Waals surface area contributed by atoms with Crippen LogP contribution in [-0.4, -0.2) is 178 Å². The van der Waals surface area contributed by atoms with Gasteiger partial charge in [0.05, 0.1) is 158 Å². The van der Waals surface area contributed by atoms with Crippen LogP contribution in [0.3, 0.4) is 0 Å². The molecule has 0 amide bonds. The van der Waals surface area contributed by atoms with Crippen molar-refractivity contribution < 1.29 is 61.6 Å². The summed E-state index contributed by atoms with van der Waals surface area (Å²) in [6, 6.07) is 8.46. The highest BCUT2D eigenvalue weighted by atomic mass is 16.6. The molecule has 0 aromatic heterocycles. The number of hydrogen-bond donors (Lipinski definition) is 1. The maximum absolute atomic E-state index is 5.80. The van der Waals surface area contributed by atoms with Gasteiger partial charge >= 0.3 is 0 Å². The van der Waals surface area contributed by atoms with E-state index in [1.807, 2.05) is 0 Å².